The Morgan fingerprint density at radius 3 is 2.69 bits per heavy atom. The lowest BCUT2D eigenvalue weighted by Gasteiger charge is -2.09. The molecule has 1 aromatic rings. The Labute approximate surface area is 99.6 Å². The van der Waals surface area contributed by atoms with Crippen molar-refractivity contribution in [2.24, 2.45) is 0 Å². The van der Waals surface area contributed by atoms with Crippen LogP contribution in [0.3, 0.4) is 0 Å². The van der Waals surface area contributed by atoms with Crippen molar-refractivity contribution in [2.75, 3.05) is 12.8 Å². The van der Waals surface area contributed by atoms with Crippen molar-refractivity contribution in [2.45, 2.75) is 25.1 Å². The summed E-state index contributed by atoms with van der Waals surface area (Å²) in [5.74, 6) is -1.57. The van der Waals surface area contributed by atoms with Gasteiger partial charge in [0.05, 0.1) is 0 Å². The first-order chi connectivity index (χ1) is 7.63. The lowest BCUT2D eigenvalue weighted by atomic mass is 10.2. The Kier molecular flexibility index (Phi) is 5.77. The fourth-order valence-electron chi connectivity index (χ4n) is 1.31. The van der Waals surface area contributed by atoms with Crippen LogP contribution in [-0.4, -0.2) is 18.1 Å². The Morgan fingerprint density at radius 2 is 2.06 bits per heavy atom. The van der Waals surface area contributed by atoms with E-state index in [9.17, 15) is 8.78 Å². The van der Waals surface area contributed by atoms with Gasteiger partial charge in [-0.05, 0) is 36.9 Å². The maximum atomic E-state index is 12.9. The normalized spacial score (nSPS) is 12.8. The van der Waals surface area contributed by atoms with Gasteiger partial charge in [-0.25, -0.2) is 8.78 Å². The molecule has 0 spiro atoms. The fourth-order valence-corrected chi connectivity index (χ4v) is 1.66. The van der Waals surface area contributed by atoms with Crippen molar-refractivity contribution >= 4 is 11.8 Å². The topological polar surface area (TPSA) is 12.0 Å². The van der Waals surface area contributed by atoms with E-state index in [-0.39, 0.29) is 0 Å². The van der Waals surface area contributed by atoms with Crippen molar-refractivity contribution in [1.82, 2.24) is 5.32 Å². The van der Waals surface area contributed by atoms with Crippen LogP contribution in [0.1, 0.15) is 18.9 Å². The predicted octanol–water partition coefficient (Wildman–Crippen LogP) is 3.20. The number of rotatable bonds is 6. The van der Waals surface area contributed by atoms with Gasteiger partial charge < -0.3 is 5.32 Å². The highest BCUT2D eigenvalue weighted by Gasteiger charge is 2.02. The molecule has 0 saturated carbocycles. The summed E-state index contributed by atoms with van der Waals surface area (Å²) in [4.78, 5) is 0. The van der Waals surface area contributed by atoms with Crippen LogP contribution < -0.4 is 5.32 Å². The van der Waals surface area contributed by atoms with Gasteiger partial charge in [-0.1, -0.05) is 13.0 Å². The minimum absolute atomic E-state index is 0.582. The van der Waals surface area contributed by atoms with Crippen molar-refractivity contribution in [3.05, 3.63) is 35.4 Å². The molecule has 0 radical (unpaired) electrons. The average molecular weight is 245 g/mol. The van der Waals surface area contributed by atoms with Gasteiger partial charge in [-0.15, -0.1) is 0 Å². The summed E-state index contributed by atoms with van der Waals surface area (Å²) in [5, 5.41) is 3.83. The maximum Gasteiger partial charge on any atom is 0.159 e. The molecule has 1 N–H and O–H groups in total. The second-order valence-corrected chi connectivity index (χ2v) is 5.04. The van der Waals surface area contributed by atoms with Crippen LogP contribution in [0.15, 0.2) is 18.2 Å². The van der Waals surface area contributed by atoms with Crippen LogP contribution in [0.4, 0.5) is 8.78 Å². The Balaban J connectivity index is 2.29. The first-order valence-corrected chi connectivity index (χ1v) is 6.59. The van der Waals surface area contributed by atoms with Crippen LogP contribution in [0.5, 0.6) is 0 Å². The molecule has 0 fully saturated rings. The SMILES string of the molecule is CSC(C)CCNCc1ccc(F)c(F)c1. The van der Waals surface area contributed by atoms with Gasteiger partial charge in [0.2, 0.25) is 0 Å². The van der Waals surface area contributed by atoms with Crippen molar-refractivity contribution in [3.63, 3.8) is 0 Å². The van der Waals surface area contributed by atoms with E-state index in [0.29, 0.717) is 11.8 Å². The molecule has 0 aliphatic rings. The highest BCUT2D eigenvalue weighted by Crippen LogP contribution is 2.10. The Morgan fingerprint density at radius 1 is 1.31 bits per heavy atom. The minimum atomic E-state index is -0.792. The summed E-state index contributed by atoms with van der Waals surface area (Å²) >= 11 is 1.83. The molecule has 1 aromatic carbocycles. The third kappa shape index (κ3) is 4.49. The van der Waals surface area contributed by atoms with Gasteiger partial charge in [0, 0.05) is 11.8 Å². The molecule has 1 rings (SSSR count). The zero-order valence-corrected chi connectivity index (χ0v) is 10.4. The van der Waals surface area contributed by atoms with Crippen molar-refractivity contribution < 1.29 is 8.78 Å². The Hall–Kier alpha value is -0.610. The van der Waals surface area contributed by atoms with Gasteiger partial charge in [0.25, 0.3) is 0 Å². The predicted molar refractivity (Wildman–Crippen MR) is 65.7 cm³/mol. The number of hydrogen-bond acceptors (Lipinski definition) is 2. The molecule has 0 bridgehead atoms. The van der Waals surface area contributed by atoms with Crippen LogP contribution >= 0.6 is 11.8 Å². The van der Waals surface area contributed by atoms with Crippen LogP contribution in [0.2, 0.25) is 0 Å². The number of halogens is 2. The first kappa shape index (κ1) is 13.5. The fraction of sp³-hybridized carbons (Fsp3) is 0.500. The summed E-state index contributed by atoms with van der Waals surface area (Å²) in [7, 11) is 0. The highest BCUT2D eigenvalue weighted by molar-refractivity contribution is 7.99. The lowest BCUT2D eigenvalue weighted by molar-refractivity contribution is 0.506. The van der Waals surface area contributed by atoms with Gasteiger partial charge in [-0.2, -0.15) is 11.8 Å². The van der Waals surface area contributed by atoms with E-state index in [0.717, 1.165) is 24.6 Å². The van der Waals surface area contributed by atoms with E-state index >= 15 is 0 Å². The largest absolute Gasteiger partial charge is 0.313 e. The van der Waals surface area contributed by atoms with Crippen LogP contribution in [0, 0.1) is 11.6 Å². The molecule has 0 aliphatic heterocycles. The van der Waals surface area contributed by atoms with Crippen molar-refractivity contribution in [1.29, 1.82) is 0 Å². The number of benzene rings is 1. The number of hydrogen-bond donors (Lipinski definition) is 1. The molecule has 0 aromatic heterocycles. The molecule has 1 nitrogen and oxygen atoms in total. The van der Waals surface area contributed by atoms with Gasteiger partial charge in [0.15, 0.2) is 11.6 Å². The summed E-state index contributed by atoms with van der Waals surface area (Å²) < 4.78 is 25.5. The summed E-state index contributed by atoms with van der Waals surface area (Å²) in [5.41, 5.74) is 0.774. The molecule has 0 saturated heterocycles. The summed E-state index contributed by atoms with van der Waals surface area (Å²) in [6, 6.07) is 4.00. The van der Waals surface area contributed by atoms with Gasteiger partial charge >= 0.3 is 0 Å². The third-order valence-corrected chi connectivity index (χ3v) is 3.48. The van der Waals surface area contributed by atoms with E-state index in [4.69, 9.17) is 0 Å². The van der Waals surface area contributed by atoms with Crippen molar-refractivity contribution in [3.8, 4) is 0 Å². The molecule has 16 heavy (non-hydrogen) atoms. The zero-order valence-electron chi connectivity index (χ0n) is 9.59. The second-order valence-electron chi connectivity index (χ2n) is 3.76. The molecule has 0 heterocycles. The third-order valence-electron chi connectivity index (χ3n) is 2.44. The molecular formula is C12H17F2NS. The maximum absolute atomic E-state index is 12.9. The molecule has 0 amide bonds. The van der Waals surface area contributed by atoms with E-state index in [1.807, 2.05) is 11.8 Å². The highest BCUT2D eigenvalue weighted by atomic mass is 32.2. The molecule has 90 valence electrons. The van der Waals surface area contributed by atoms with E-state index < -0.39 is 11.6 Å². The van der Waals surface area contributed by atoms with Gasteiger partial charge in [0.1, 0.15) is 0 Å². The summed E-state index contributed by atoms with van der Waals surface area (Å²) in [6.07, 6.45) is 3.16. The van der Waals surface area contributed by atoms with E-state index in [1.54, 1.807) is 6.07 Å². The number of thioether (sulfide) groups is 1. The molecule has 4 heteroatoms. The quantitative estimate of drug-likeness (QED) is 0.772. The molecule has 1 unspecified atom stereocenters. The van der Waals surface area contributed by atoms with E-state index in [1.165, 1.54) is 6.07 Å². The van der Waals surface area contributed by atoms with E-state index in [2.05, 4.69) is 18.5 Å². The lowest BCUT2D eigenvalue weighted by Crippen LogP contribution is -2.17. The Bertz CT molecular complexity index is 331. The average Bonchev–Trinajstić information content (AvgIpc) is 2.28. The van der Waals surface area contributed by atoms with Crippen LogP contribution in [0.25, 0.3) is 0 Å². The first-order valence-electron chi connectivity index (χ1n) is 5.31. The second kappa shape index (κ2) is 6.86. The zero-order chi connectivity index (χ0) is 12.0. The molecule has 0 aliphatic carbocycles. The monoisotopic (exact) mass is 245 g/mol. The molecular weight excluding hydrogens is 228 g/mol. The van der Waals surface area contributed by atoms with Gasteiger partial charge in [-0.3, -0.25) is 0 Å². The number of nitrogens with one attached hydrogen (secondary N) is 1. The summed E-state index contributed by atoms with van der Waals surface area (Å²) in [6.45, 7) is 3.64. The molecule has 1 atom stereocenters. The van der Waals surface area contributed by atoms with Crippen LogP contribution in [-0.2, 0) is 6.54 Å². The minimum Gasteiger partial charge on any atom is -0.313 e. The standard InChI is InChI=1S/C12H17F2NS/c1-9(16-2)5-6-15-8-10-3-4-11(13)12(14)7-10/h3-4,7,9,15H,5-6,8H2,1-2H3. The smallest absolute Gasteiger partial charge is 0.159 e.